The van der Waals surface area contributed by atoms with E-state index in [1.807, 2.05) is 23.5 Å². The van der Waals surface area contributed by atoms with Crippen LogP contribution in [-0.2, 0) is 0 Å². The van der Waals surface area contributed by atoms with Crippen molar-refractivity contribution in [2.45, 2.75) is 0 Å². The maximum atomic E-state index is 6.21. The summed E-state index contributed by atoms with van der Waals surface area (Å²) in [6.45, 7) is 0. The van der Waals surface area contributed by atoms with E-state index in [-0.39, 0.29) is 0 Å². The summed E-state index contributed by atoms with van der Waals surface area (Å²) < 4.78 is 8.83. The summed E-state index contributed by atoms with van der Waals surface area (Å²) in [6, 6.07) is 59.2. The molecular weight excluding hydrogens is 591 g/mol. The average molecular weight is 618 g/mol. The smallest absolute Gasteiger partial charge is 0.136 e. The van der Waals surface area contributed by atoms with Crippen molar-refractivity contribution >= 4 is 92.1 Å². The van der Waals surface area contributed by atoms with Crippen LogP contribution in [0.1, 0.15) is 0 Å². The Kier molecular flexibility index (Phi) is 5.78. The van der Waals surface area contributed by atoms with Gasteiger partial charge < -0.3 is 9.32 Å². The molecule has 47 heavy (non-hydrogen) atoms. The second kappa shape index (κ2) is 10.3. The number of rotatable bonds is 4. The van der Waals surface area contributed by atoms with E-state index < -0.39 is 0 Å². The van der Waals surface area contributed by atoms with Gasteiger partial charge in [0, 0.05) is 48.0 Å². The largest absolute Gasteiger partial charge is 0.456 e. The van der Waals surface area contributed by atoms with Gasteiger partial charge in [0.1, 0.15) is 11.2 Å². The Morgan fingerprint density at radius 2 is 0.957 bits per heavy atom. The summed E-state index contributed by atoms with van der Waals surface area (Å²) in [7, 11) is 0. The second-order valence-electron chi connectivity index (χ2n) is 12.2. The highest BCUT2D eigenvalue weighted by Crippen LogP contribution is 2.42. The Bertz CT molecular complexity index is 2810. The number of hydrogen-bond donors (Lipinski definition) is 0. The number of thiophene rings is 1. The van der Waals surface area contributed by atoms with Gasteiger partial charge >= 0.3 is 0 Å². The topological polar surface area (TPSA) is 16.4 Å². The van der Waals surface area contributed by atoms with Crippen LogP contribution in [0.4, 0.5) is 17.1 Å². The average Bonchev–Trinajstić information content (AvgIpc) is 3.70. The number of anilines is 3. The molecule has 3 heteroatoms. The first-order chi connectivity index (χ1) is 23.3. The van der Waals surface area contributed by atoms with E-state index in [1.165, 1.54) is 41.7 Å². The highest BCUT2D eigenvalue weighted by molar-refractivity contribution is 7.25. The minimum absolute atomic E-state index is 0.911. The molecule has 0 saturated heterocycles. The van der Waals surface area contributed by atoms with Crippen molar-refractivity contribution in [3.8, 4) is 11.1 Å². The van der Waals surface area contributed by atoms with E-state index in [0.29, 0.717) is 0 Å². The maximum absolute atomic E-state index is 6.21. The molecule has 10 aromatic rings. The minimum atomic E-state index is 0.911. The van der Waals surface area contributed by atoms with Gasteiger partial charge in [0.15, 0.2) is 0 Å². The number of fused-ring (bicyclic) bond motifs is 9. The summed E-state index contributed by atoms with van der Waals surface area (Å²) in [5, 5.41) is 9.89. The van der Waals surface area contributed by atoms with Crippen LogP contribution >= 0.6 is 11.3 Å². The fourth-order valence-corrected chi connectivity index (χ4v) is 8.22. The lowest BCUT2D eigenvalue weighted by Gasteiger charge is -2.26. The lowest BCUT2D eigenvalue weighted by atomic mass is 10.0. The van der Waals surface area contributed by atoms with E-state index >= 15 is 0 Å². The highest BCUT2D eigenvalue weighted by atomic mass is 32.1. The van der Waals surface area contributed by atoms with Gasteiger partial charge in [-0.25, -0.2) is 0 Å². The zero-order valence-electron chi connectivity index (χ0n) is 25.4. The predicted octanol–water partition coefficient (Wildman–Crippen LogP) is 13.4. The van der Waals surface area contributed by atoms with Gasteiger partial charge in [-0.2, -0.15) is 0 Å². The number of furan rings is 1. The van der Waals surface area contributed by atoms with Crippen molar-refractivity contribution in [1.82, 2.24) is 0 Å². The number of benzene rings is 8. The van der Waals surface area contributed by atoms with Crippen LogP contribution in [0.25, 0.3) is 74.8 Å². The van der Waals surface area contributed by atoms with Gasteiger partial charge in [0.05, 0.1) is 0 Å². The molecule has 0 amide bonds. The first kappa shape index (κ1) is 26.3. The zero-order valence-corrected chi connectivity index (χ0v) is 26.2. The van der Waals surface area contributed by atoms with Crippen LogP contribution < -0.4 is 4.90 Å². The van der Waals surface area contributed by atoms with Gasteiger partial charge in [0.25, 0.3) is 0 Å². The summed E-state index contributed by atoms with van der Waals surface area (Å²) >= 11 is 1.85. The fraction of sp³-hybridized carbons (Fsp3) is 0. The lowest BCUT2D eigenvalue weighted by Crippen LogP contribution is -2.09. The third-order valence-corrected chi connectivity index (χ3v) is 10.6. The third-order valence-electron chi connectivity index (χ3n) is 9.44. The molecule has 2 heterocycles. The van der Waals surface area contributed by atoms with Crippen LogP contribution in [0, 0.1) is 0 Å². The molecule has 0 fully saturated rings. The lowest BCUT2D eigenvalue weighted by molar-refractivity contribution is 0.669. The molecule has 0 atom stereocenters. The standard InChI is InChI=1S/C44H27NOS/c1-2-8-35-29(7-1)13-14-30-17-21-33(26-39(30)35)45(34-22-24-44-40(27-34)38-10-4-6-12-43(38)47-44)32-19-15-28(16-20-32)31-18-23-37-36-9-3-5-11-41(36)46-42(37)25-31/h1-27H. The molecule has 0 N–H and O–H groups in total. The van der Waals surface area contributed by atoms with Gasteiger partial charge in [-0.05, 0) is 99.4 Å². The minimum Gasteiger partial charge on any atom is -0.456 e. The van der Waals surface area contributed by atoms with Crippen LogP contribution in [0.2, 0.25) is 0 Å². The normalized spacial score (nSPS) is 11.8. The van der Waals surface area contributed by atoms with Crippen molar-refractivity contribution in [1.29, 1.82) is 0 Å². The van der Waals surface area contributed by atoms with Crippen LogP contribution in [0.15, 0.2) is 168 Å². The Morgan fingerprint density at radius 3 is 1.83 bits per heavy atom. The molecule has 0 spiro atoms. The zero-order chi connectivity index (χ0) is 30.9. The Balaban J connectivity index is 1.13. The van der Waals surface area contributed by atoms with Gasteiger partial charge in [-0.15, -0.1) is 11.3 Å². The van der Waals surface area contributed by atoms with Crippen LogP contribution in [0.5, 0.6) is 0 Å². The van der Waals surface area contributed by atoms with Crippen LogP contribution in [-0.4, -0.2) is 0 Å². The molecule has 10 rings (SSSR count). The summed E-state index contributed by atoms with van der Waals surface area (Å²) in [6.07, 6.45) is 0. The Hall–Kier alpha value is -5.90. The van der Waals surface area contributed by atoms with Gasteiger partial charge in [-0.1, -0.05) is 97.1 Å². The van der Waals surface area contributed by atoms with Crippen LogP contribution in [0.3, 0.4) is 0 Å². The molecule has 0 aliphatic rings. The summed E-state index contributed by atoms with van der Waals surface area (Å²) in [4.78, 5) is 2.39. The molecule has 220 valence electrons. The first-order valence-corrected chi connectivity index (χ1v) is 16.7. The molecule has 0 radical (unpaired) electrons. The van der Waals surface area contributed by atoms with E-state index in [4.69, 9.17) is 4.42 Å². The van der Waals surface area contributed by atoms with Gasteiger partial charge in [-0.3, -0.25) is 0 Å². The SMILES string of the molecule is c1ccc2c(c1)ccc1ccc(N(c3ccc(-c4ccc5c(c4)oc4ccccc45)cc3)c3ccc4sc5ccccc5c4c3)cc12. The van der Waals surface area contributed by atoms with Crippen molar-refractivity contribution in [3.63, 3.8) is 0 Å². The molecule has 0 bridgehead atoms. The number of hydrogen-bond acceptors (Lipinski definition) is 3. The van der Waals surface area contributed by atoms with E-state index in [2.05, 4.69) is 157 Å². The second-order valence-corrected chi connectivity index (χ2v) is 13.2. The number of nitrogens with zero attached hydrogens (tertiary/aromatic N) is 1. The molecule has 0 saturated carbocycles. The quantitative estimate of drug-likeness (QED) is 0.183. The predicted molar refractivity (Wildman–Crippen MR) is 202 cm³/mol. The van der Waals surface area contributed by atoms with Crippen molar-refractivity contribution < 1.29 is 4.42 Å². The monoisotopic (exact) mass is 617 g/mol. The van der Waals surface area contributed by atoms with Crippen molar-refractivity contribution in [3.05, 3.63) is 164 Å². The molecule has 2 aromatic heterocycles. The number of para-hydroxylation sites is 1. The van der Waals surface area contributed by atoms with E-state index in [0.717, 1.165) is 50.1 Å². The Labute approximate surface area is 275 Å². The van der Waals surface area contributed by atoms with Gasteiger partial charge in [0.2, 0.25) is 0 Å². The van der Waals surface area contributed by atoms with Crippen molar-refractivity contribution in [2.24, 2.45) is 0 Å². The van der Waals surface area contributed by atoms with Crippen molar-refractivity contribution in [2.75, 3.05) is 4.90 Å². The maximum Gasteiger partial charge on any atom is 0.136 e. The molecule has 0 aliphatic heterocycles. The molecule has 8 aromatic carbocycles. The van der Waals surface area contributed by atoms with E-state index in [9.17, 15) is 0 Å². The first-order valence-electron chi connectivity index (χ1n) is 15.9. The summed E-state index contributed by atoms with van der Waals surface area (Å²) in [5.74, 6) is 0. The highest BCUT2D eigenvalue weighted by Gasteiger charge is 2.17. The fourth-order valence-electron chi connectivity index (χ4n) is 7.14. The molecule has 2 nitrogen and oxygen atoms in total. The Morgan fingerprint density at radius 1 is 0.362 bits per heavy atom. The summed E-state index contributed by atoms with van der Waals surface area (Å²) in [5.41, 5.74) is 7.49. The van der Waals surface area contributed by atoms with E-state index in [1.54, 1.807) is 0 Å². The third kappa shape index (κ3) is 4.25. The molecule has 0 unspecified atom stereocenters. The molecular formula is C44H27NOS. The molecule has 0 aliphatic carbocycles.